The average Bonchev–Trinajstić information content (AvgIpc) is 3.08. The molecule has 0 aromatic heterocycles. The highest BCUT2D eigenvalue weighted by molar-refractivity contribution is 5.79. The zero-order valence-corrected chi connectivity index (χ0v) is 14.5. The van der Waals surface area contributed by atoms with E-state index >= 15 is 0 Å². The Balaban J connectivity index is 2.02. The number of nitrogens with zero attached hydrogens (tertiary/aromatic N) is 1. The summed E-state index contributed by atoms with van der Waals surface area (Å²) in [7, 11) is 0. The molecule has 4 nitrogen and oxygen atoms in total. The number of benzene rings is 1. The van der Waals surface area contributed by atoms with Gasteiger partial charge in [-0.1, -0.05) is 50.6 Å². The second-order valence-corrected chi connectivity index (χ2v) is 6.43. The Morgan fingerprint density at radius 3 is 2.57 bits per heavy atom. The van der Waals surface area contributed by atoms with Crippen LogP contribution in [0.15, 0.2) is 30.3 Å². The van der Waals surface area contributed by atoms with E-state index in [2.05, 4.69) is 48.3 Å². The first-order chi connectivity index (χ1) is 11.2. The van der Waals surface area contributed by atoms with Gasteiger partial charge in [0.2, 0.25) is 5.91 Å². The van der Waals surface area contributed by atoms with Gasteiger partial charge in [0.05, 0.1) is 6.04 Å². The van der Waals surface area contributed by atoms with Crippen molar-refractivity contribution in [3.63, 3.8) is 0 Å². The topological polar surface area (TPSA) is 58.4 Å². The molecule has 1 aromatic rings. The summed E-state index contributed by atoms with van der Waals surface area (Å²) in [5, 5.41) is 3.20. The van der Waals surface area contributed by atoms with Crippen molar-refractivity contribution in [1.82, 2.24) is 10.2 Å². The highest BCUT2D eigenvalue weighted by Crippen LogP contribution is 2.31. The van der Waals surface area contributed by atoms with Crippen molar-refractivity contribution >= 4 is 5.91 Å². The van der Waals surface area contributed by atoms with Crippen molar-refractivity contribution in [3.8, 4) is 0 Å². The Morgan fingerprint density at radius 1 is 1.26 bits per heavy atom. The predicted molar refractivity (Wildman–Crippen MR) is 95.0 cm³/mol. The molecule has 1 unspecified atom stereocenters. The monoisotopic (exact) mass is 317 g/mol. The maximum atomic E-state index is 12.6. The normalized spacial score (nSPS) is 22.3. The lowest BCUT2D eigenvalue weighted by Crippen LogP contribution is -2.41. The Labute approximate surface area is 140 Å². The molecule has 1 aliphatic rings. The molecular formula is C19H31N3O. The third-order valence-corrected chi connectivity index (χ3v) is 5.21. The minimum absolute atomic E-state index is 0.105. The van der Waals surface area contributed by atoms with Crippen LogP contribution in [-0.2, 0) is 4.79 Å². The Morgan fingerprint density at radius 2 is 1.96 bits per heavy atom. The van der Waals surface area contributed by atoms with E-state index < -0.39 is 0 Å². The number of hydrogen-bond donors (Lipinski definition) is 2. The fraction of sp³-hybridized carbons (Fsp3) is 0.632. The molecule has 1 aliphatic carbocycles. The van der Waals surface area contributed by atoms with Crippen LogP contribution in [0, 0.1) is 11.8 Å². The summed E-state index contributed by atoms with van der Waals surface area (Å²) in [5.74, 6) is 0.651. The van der Waals surface area contributed by atoms with Gasteiger partial charge in [0, 0.05) is 12.5 Å². The minimum Gasteiger partial charge on any atom is -0.354 e. The SMILES string of the molecule is CCN(CC)C(CNC(=O)[C@@H]1CCC[C@@H]1CN)c1ccccc1. The van der Waals surface area contributed by atoms with Crippen LogP contribution in [0.1, 0.15) is 44.7 Å². The first-order valence-electron chi connectivity index (χ1n) is 8.98. The first kappa shape index (κ1) is 18.0. The van der Waals surface area contributed by atoms with Crippen LogP contribution in [0.2, 0.25) is 0 Å². The molecule has 0 saturated heterocycles. The highest BCUT2D eigenvalue weighted by Gasteiger charge is 2.32. The van der Waals surface area contributed by atoms with Crippen LogP contribution in [0.5, 0.6) is 0 Å². The lowest BCUT2D eigenvalue weighted by atomic mass is 9.95. The van der Waals surface area contributed by atoms with Gasteiger partial charge in [-0.3, -0.25) is 9.69 Å². The molecule has 0 radical (unpaired) electrons. The summed E-state index contributed by atoms with van der Waals surface area (Å²) in [6, 6.07) is 10.7. The van der Waals surface area contributed by atoms with Gasteiger partial charge in [-0.2, -0.15) is 0 Å². The number of nitrogens with two attached hydrogens (primary N) is 1. The van der Waals surface area contributed by atoms with E-state index in [1.54, 1.807) is 0 Å². The molecule has 23 heavy (non-hydrogen) atoms. The van der Waals surface area contributed by atoms with Crippen LogP contribution in [-0.4, -0.2) is 37.0 Å². The second-order valence-electron chi connectivity index (χ2n) is 6.43. The zero-order chi connectivity index (χ0) is 16.7. The largest absolute Gasteiger partial charge is 0.354 e. The van der Waals surface area contributed by atoms with Gasteiger partial charge in [0.15, 0.2) is 0 Å². The molecule has 3 atom stereocenters. The molecule has 0 spiro atoms. The van der Waals surface area contributed by atoms with E-state index in [0.717, 1.165) is 32.4 Å². The van der Waals surface area contributed by atoms with Crippen molar-refractivity contribution in [2.24, 2.45) is 17.6 Å². The van der Waals surface area contributed by atoms with E-state index in [0.29, 0.717) is 19.0 Å². The predicted octanol–water partition coefficient (Wildman–Crippen LogP) is 2.56. The summed E-state index contributed by atoms with van der Waals surface area (Å²) in [6.45, 7) is 7.57. The van der Waals surface area contributed by atoms with E-state index in [9.17, 15) is 4.79 Å². The molecule has 4 heteroatoms. The summed E-state index contributed by atoms with van der Waals surface area (Å²) in [4.78, 5) is 15.0. The van der Waals surface area contributed by atoms with Crippen LogP contribution in [0.25, 0.3) is 0 Å². The third-order valence-electron chi connectivity index (χ3n) is 5.21. The summed E-state index contributed by atoms with van der Waals surface area (Å²) in [5.41, 5.74) is 7.07. The molecule has 1 amide bonds. The Hall–Kier alpha value is -1.39. The summed E-state index contributed by atoms with van der Waals surface area (Å²) in [6.07, 6.45) is 3.19. The molecule has 0 bridgehead atoms. The third kappa shape index (κ3) is 4.55. The zero-order valence-electron chi connectivity index (χ0n) is 14.5. The van der Waals surface area contributed by atoms with Crippen molar-refractivity contribution in [3.05, 3.63) is 35.9 Å². The second kappa shape index (κ2) is 9.04. The number of amides is 1. The van der Waals surface area contributed by atoms with E-state index in [-0.39, 0.29) is 17.9 Å². The number of nitrogens with one attached hydrogen (secondary N) is 1. The molecule has 1 aromatic carbocycles. The molecule has 1 fully saturated rings. The molecule has 2 rings (SSSR count). The van der Waals surface area contributed by atoms with Gasteiger partial charge in [-0.25, -0.2) is 0 Å². The fourth-order valence-electron chi connectivity index (χ4n) is 3.79. The van der Waals surface area contributed by atoms with E-state index in [4.69, 9.17) is 5.73 Å². The smallest absolute Gasteiger partial charge is 0.223 e. The quantitative estimate of drug-likeness (QED) is 0.775. The van der Waals surface area contributed by atoms with Gasteiger partial charge in [0.25, 0.3) is 0 Å². The Kier molecular flexibility index (Phi) is 7.06. The number of carbonyl (C=O) groups is 1. The van der Waals surface area contributed by atoms with Crippen molar-refractivity contribution < 1.29 is 4.79 Å². The standard InChI is InChI=1S/C19H31N3O/c1-3-22(4-2)18(15-9-6-5-7-10-15)14-21-19(23)17-12-8-11-16(17)13-20/h5-7,9-10,16-18H,3-4,8,11-14,20H2,1-2H3,(H,21,23)/t16-,17-,18?/m1/s1. The van der Waals surface area contributed by atoms with Crippen LogP contribution >= 0.6 is 0 Å². The van der Waals surface area contributed by atoms with E-state index in [1.807, 2.05) is 6.07 Å². The number of hydrogen-bond acceptors (Lipinski definition) is 3. The van der Waals surface area contributed by atoms with Gasteiger partial charge in [0.1, 0.15) is 0 Å². The van der Waals surface area contributed by atoms with E-state index in [1.165, 1.54) is 5.56 Å². The van der Waals surface area contributed by atoms with Gasteiger partial charge >= 0.3 is 0 Å². The maximum absolute atomic E-state index is 12.6. The fourth-order valence-corrected chi connectivity index (χ4v) is 3.79. The van der Waals surface area contributed by atoms with Crippen LogP contribution < -0.4 is 11.1 Å². The van der Waals surface area contributed by atoms with Crippen molar-refractivity contribution in [1.29, 1.82) is 0 Å². The maximum Gasteiger partial charge on any atom is 0.223 e. The molecule has 128 valence electrons. The van der Waals surface area contributed by atoms with Crippen molar-refractivity contribution in [2.75, 3.05) is 26.2 Å². The van der Waals surface area contributed by atoms with Gasteiger partial charge < -0.3 is 11.1 Å². The van der Waals surface area contributed by atoms with Crippen LogP contribution in [0.3, 0.4) is 0 Å². The molecule has 0 aliphatic heterocycles. The summed E-state index contributed by atoms with van der Waals surface area (Å²) >= 11 is 0. The molecule has 0 heterocycles. The highest BCUT2D eigenvalue weighted by atomic mass is 16.1. The molecule has 3 N–H and O–H groups in total. The lowest BCUT2D eigenvalue weighted by molar-refractivity contribution is -0.126. The number of likely N-dealkylation sites (N-methyl/N-ethyl adjacent to an activating group) is 1. The Bertz CT molecular complexity index is 473. The lowest BCUT2D eigenvalue weighted by Gasteiger charge is -2.31. The number of carbonyl (C=O) groups excluding carboxylic acids is 1. The first-order valence-corrected chi connectivity index (χ1v) is 8.98. The van der Waals surface area contributed by atoms with Crippen LogP contribution in [0.4, 0.5) is 0 Å². The van der Waals surface area contributed by atoms with Crippen molar-refractivity contribution in [2.45, 2.75) is 39.2 Å². The molecule has 1 saturated carbocycles. The molecular weight excluding hydrogens is 286 g/mol. The van der Waals surface area contributed by atoms with Gasteiger partial charge in [-0.05, 0) is 44.0 Å². The minimum atomic E-state index is 0.105. The number of rotatable bonds is 8. The average molecular weight is 317 g/mol. The summed E-state index contributed by atoms with van der Waals surface area (Å²) < 4.78 is 0. The van der Waals surface area contributed by atoms with Gasteiger partial charge in [-0.15, -0.1) is 0 Å².